The maximum absolute atomic E-state index is 10.9. The predicted molar refractivity (Wildman–Crippen MR) is 77.9 cm³/mol. The normalized spacial score (nSPS) is 10.8. The van der Waals surface area contributed by atoms with Crippen molar-refractivity contribution >= 4 is 21.6 Å². The van der Waals surface area contributed by atoms with Crippen LogP contribution in [0, 0.1) is 24.0 Å². The van der Waals surface area contributed by atoms with Crippen molar-refractivity contribution in [1.29, 1.82) is 0 Å². The van der Waals surface area contributed by atoms with E-state index in [1.54, 1.807) is 13.8 Å². The Morgan fingerprint density at radius 3 is 2.45 bits per heavy atom. The van der Waals surface area contributed by atoms with Gasteiger partial charge in [0.25, 0.3) is 5.69 Å². The van der Waals surface area contributed by atoms with Crippen LogP contribution in [0.1, 0.15) is 16.7 Å². The Morgan fingerprint density at radius 2 is 1.95 bits per heavy atom. The first-order valence-corrected chi connectivity index (χ1v) is 6.94. The predicted octanol–water partition coefficient (Wildman–Crippen LogP) is 3.31. The molecule has 0 fully saturated rings. The number of aromatic hydroxyl groups is 2. The second-order valence-corrected chi connectivity index (χ2v) is 4.99. The number of aromatic nitrogens is 1. The van der Waals surface area contributed by atoms with Crippen molar-refractivity contribution in [3.05, 3.63) is 45.0 Å². The lowest BCUT2D eigenvalue weighted by Gasteiger charge is -2.12. The van der Waals surface area contributed by atoms with Crippen molar-refractivity contribution in [2.45, 2.75) is 19.2 Å². The molecule has 2 N–H and O–H groups in total. The fourth-order valence-electron chi connectivity index (χ4n) is 2.10. The van der Waals surface area contributed by atoms with Crippen molar-refractivity contribution in [3.8, 4) is 17.4 Å². The van der Waals surface area contributed by atoms with Gasteiger partial charge < -0.3 is 10.2 Å². The summed E-state index contributed by atoms with van der Waals surface area (Å²) in [6.45, 7) is 3.35. The Balaban J connectivity index is 2.69. The van der Waals surface area contributed by atoms with Crippen LogP contribution in [0.25, 0.3) is 5.69 Å². The van der Waals surface area contributed by atoms with Crippen molar-refractivity contribution in [2.24, 2.45) is 0 Å². The first kappa shape index (κ1) is 14.4. The summed E-state index contributed by atoms with van der Waals surface area (Å²) in [7, 11) is 0. The van der Waals surface area contributed by atoms with E-state index in [9.17, 15) is 20.3 Å². The summed E-state index contributed by atoms with van der Waals surface area (Å²) < 4.78 is 1.27. The summed E-state index contributed by atoms with van der Waals surface area (Å²) >= 11 is 3.22. The molecule has 2 aromatic rings. The van der Waals surface area contributed by atoms with Gasteiger partial charge in [0.1, 0.15) is 0 Å². The highest BCUT2D eigenvalue weighted by molar-refractivity contribution is 9.08. The summed E-state index contributed by atoms with van der Waals surface area (Å²) in [5.41, 5.74) is 2.19. The molecule has 1 aromatic carbocycles. The molecule has 0 aliphatic heterocycles. The van der Waals surface area contributed by atoms with E-state index in [2.05, 4.69) is 15.9 Å². The number of nitrogens with zero attached hydrogens (tertiary/aromatic N) is 2. The number of benzene rings is 1. The van der Waals surface area contributed by atoms with E-state index in [4.69, 9.17) is 0 Å². The minimum Gasteiger partial charge on any atom is -0.494 e. The van der Waals surface area contributed by atoms with E-state index >= 15 is 0 Å². The van der Waals surface area contributed by atoms with E-state index in [1.807, 2.05) is 0 Å². The Labute approximate surface area is 123 Å². The molecule has 2 rings (SSSR count). The number of nitro benzene ring substituents is 1. The fourth-order valence-corrected chi connectivity index (χ4v) is 2.52. The van der Waals surface area contributed by atoms with E-state index in [0.29, 0.717) is 27.7 Å². The Bertz CT molecular complexity index is 694. The molecule has 0 aliphatic carbocycles. The number of rotatable bonds is 3. The van der Waals surface area contributed by atoms with E-state index in [1.165, 1.54) is 22.8 Å². The van der Waals surface area contributed by atoms with Gasteiger partial charge >= 0.3 is 0 Å². The average Bonchev–Trinajstić information content (AvgIpc) is 2.67. The summed E-state index contributed by atoms with van der Waals surface area (Å²) in [5.74, 6) is -0.205. The first-order chi connectivity index (χ1) is 9.38. The molecule has 0 saturated carbocycles. The standard InChI is InChI=1S/C13H13BrN2O4/c1-7-8(2)11(16(19)20)4-3-10(7)15-12(17)5-9(6-14)13(15)18/h3-5,17-18H,6H2,1-2H3. The molecule has 0 bridgehead atoms. The van der Waals surface area contributed by atoms with Gasteiger partial charge in [-0.15, -0.1) is 0 Å². The molecular weight excluding hydrogens is 328 g/mol. The van der Waals surface area contributed by atoms with Gasteiger partial charge in [0, 0.05) is 28.6 Å². The van der Waals surface area contributed by atoms with Crippen molar-refractivity contribution < 1.29 is 15.1 Å². The van der Waals surface area contributed by atoms with Crippen LogP contribution in [0.15, 0.2) is 18.2 Å². The number of halogens is 1. The van der Waals surface area contributed by atoms with Crippen molar-refractivity contribution in [2.75, 3.05) is 0 Å². The minimum absolute atomic E-state index is 0.0121. The molecule has 7 heteroatoms. The van der Waals surface area contributed by atoms with Gasteiger partial charge in [0.2, 0.25) is 5.88 Å². The molecule has 0 radical (unpaired) electrons. The Morgan fingerprint density at radius 1 is 1.30 bits per heavy atom. The van der Waals surface area contributed by atoms with Crippen molar-refractivity contribution in [3.63, 3.8) is 0 Å². The maximum Gasteiger partial charge on any atom is 0.272 e. The minimum atomic E-state index is -0.453. The SMILES string of the molecule is Cc1c(-n2c(O)cc(CBr)c2O)ccc([N+](=O)[O-])c1C. The molecule has 1 aromatic heterocycles. The highest BCUT2D eigenvalue weighted by Crippen LogP contribution is 2.36. The lowest BCUT2D eigenvalue weighted by atomic mass is 10.1. The fraction of sp³-hybridized carbons (Fsp3) is 0.231. The lowest BCUT2D eigenvalue weighted by molar-refractivity contribution is -0.385. The smallest absolute Gasteiger partial charge is 0.272 e. The summed E-state index contributed by atoms with van der Waals surface area (Å²) in [6, 6.07) is 4.32. The molecule has 20 heavy (non-hydrogen) atoms. The molecule has 0 unspecified atom stereocenters. The molecule has 106 valence electrons. The van der Waals surface area contributed by atoms with Gasteiger partial charge in [0.05, 0.1) is 10.6 Å². The molecule has 0 amide bonds. The Hall–Kier alpha value is -2.02. The highest BCUT2D eigenvalue weighted by atomic mass is 79.9. The number of alkyl halides is 1. The summed E-state index contributed by atoms with van der Waals surface area (Å²) in [6.07, 6.45) is 0. The topological polar surface area (TPSA) is 88.5 Å². The van der Waals surface area contributed by atoms with Crippen LogP contribution in [-0.2, 0) is 5.33 Å². The monoisotopic (exact) mass is 340 g/mol. The summed E-state index contributed by atoms with van der Waals surface area (Å²) in [4.78, 5) is 10.4. The first-order valence-electron chi connectivity index (χ1n) is 5.82. The second-order valence-electron chi connectivity index (χ2n) is 4.43. The number of hydrogen-bond donors (Lipinski definition) is 2. The largest absolute Gasteiger partial charge is 0.494 e. The van der Waals surface area contributed by atoms with Gasteiger partial charge in [0.15, 0.2) is 5.88 Å². The van der Waals surface area contributed by atoms with Crippen molar-refractivity contribution in [1.82, 2.24) is 4.57 Å². The third-order valence-electron chi connectivity index (χ3n) is 3.34. The zero-order valence-corrected chi connectivity index (χ0v) is 12.5. The average molecular weight is 341 g/mol. The molecule has 0 aliphatic rings. The highest BCUT2D eigenvalue weighted by Gasteiger charge is 2.20. The molecular formula is C13H13BrN2O4. The van der Waals surface area contributed by atoms with Gasteiger partial charge in [-0.3, -0.25) is 14.7 Å². The van der Waals surface area contributed by atoms with Gasteiger partial charge in [-0.2, -0.15) is 0 Å². The zero-order valence-electron chi connectivity index (χ0n) is 10.9. The summed E-state index contributed by atoms with van der Waals surface area (Å²) in [5, 5.41) is 31.3. The third-order valence-corrected chi connectivity index (χ3v) is 3.95. The quantitative estimate of drug-likeness (QED) is 0.509. The lowest BCUT2D eigenvalue weighted by Crippen LogP contribution is -2.01. The van der Waals surface area contributed by atoms with E-state index in [0.717, 1.165) is 0 Å². The van der Waals surface area contributed by atoms with Crippen LogP contribution in [0.5, 0.6) is 11.8 Å². The second kappa shape index (κ2) is 5.16. The van der Waals surface area contributed by atoms with Gasteiger partial charge in [-0.25, -0.2) is 0 Å². The van der Waals surface area contributed by atoms with E-state index < -0.39 is 4.92 Å². The maximum atomic E-state index is 10.9. The van der Waals surface area contributed by atoms with Gasteiger partial charge in [-0.05, 0) is 25.5 Å². The molecule has 0 atom stereocenters. The van der Waals surface area contributed by atoms with Crippen LogP contribution in [-0.4, -0.2) is 19.7 Å². The van der Waals surface area contributed by atoms with Crippen LogP contribution in [0.4, 0.5) is 5.69 Å². The van der Waals surface area contributed by atoms with Crippen LogP contribution >= 0.6 is 15.9 Å². The molecule has 6 nitrogen and oxygen atoms in total. The van der Waals surface area contributed by atoms with Gasteiger partial charge in [-0.1, -0.05) is 15.9 Å². The molecule has 0 spiro atoms. The molecule has 1 heterocycles. The van der Waals surface area contributed by atoms with Crippen LogP contribution in [0.3, 0.4) is 0 Å². The Kier molecular flexibility index (Phi) is 3.71. The van der Waals surface area contributed by atoms with Crippen LogP contribution < -0.4 is 0 Å². The van der Waals surface area contributed by atoms with Crippen LogP contribution in [0.2, 0.25) is 0 Å². The zero-order chi connectivity index (χ0) is 15.0. The number of nitro groups is 1. The molecule has 0 saturated heterocycles. The third kappa shape index (κ3) is 2.14. The number of hydrogen-bond acceptors (Lipinski definition) is 4. The van der Waals surface area contributed by atoms with E-state index in [-0.39, 0.29) is 17.4 Å².